The fourth-order valence-corrected chi connectivity index (χ4v) is 3.18. The molecule has 1 saturated heterocycles. The lowest BCUT2D eigenvalue weighted by Gasteiger charge is -2.32. The normalized spacial score (nSPS) is 19.7. The van der Waals surface area contributed by atoms with Crippen LogP contribution in [0, 0.1) is 11.8 Å². The highest BCUT2D eigenvalue weighted by Gasteiger charge is 2.19. The summed E-state index contributed by atoms with van der Waals surface area (Å²) in [7, 11) is 0. The number of allylic oxidation sites excluding steroid dienone is 9. The first-order valence-electron chi connectivity index (χ1n) is 8.78. The summed E-state index contributed by atoms with van der Waals surface area (Å²) in [4.78, 5) is 2.60. The second-order valence-electron chi connectivity index (χ2n) is 6.36. The van der Waals surface area contributed by atoms with Crippen LogP contribution in [0.25, 0.3) is 0 Å². The molecule has 1 aliphatic rings. The maximum absolute atomic E-state index is 4.00. The number of rotatable bonds is 9. The van der Waals surface area contributed by atoms with Crippen molar-refractivity contribution in [2.24, 2.45) is 11.8 Å². The van der Waals surface area contributed by atoms with Gasteiger partial charge >= 0.3 is 0 Å². The molecule has 1 heteroatoms. The van der Waals surface area contributed by atoms with Crippen LogP contribution in [0.2, 0.25) is 0 Å². The van der Waals surface area contributed by atoms with Crippen molar-refractivity contribution in [2.45, 2.75) is 33.1 Å². The van der Waals surface area contributed by atoms with Crippen LogP contribution in [-0.4, -0.2) is 24.5 Å². The van der Waals surface area contributed by atoms with Gasteiger partial charge in [-0.05, 0) is 62.9 Å². The summed E-state index contributed by atoms with van der Waals surface area (Å²) in [5.74, 6) is 1.25. The van der Waals surface area contributed by atoms with E-state index in [1.807, 2.05) is 24.3 Å². The van der Waals surface area contributed by atoms with E-state index < -0.39 is 0 Å². The van der Waals surface area contributed by atoms with Crippen LogP contribution in [0.15, 0.2) is 73.4 Å². The lowest BCUT2D eigenvalue weighted by Crippen LogP contribution is -2.34. The average Bonchev–Trinajstić information content (AvgIpc) is 2.57. The van der Waals surface area contributed by atoms with Gasteiger partial charge in [0.25, 0.3) is 0 Å². The van der Waals surface area contributed by atoms with Gasteiger partial charge in [0.2, 0.25) is 0 Å². The van der Waals surface area contributed by atoms with E-state index in [1.54, 1.807) is 0 Å². The number of hydrogen-bond donors (Lipinski definition) is 0. The Labute approximate surface area is 143 Å². The Kier molecular flexibility index (Phi) is 9.31. The van der Waals surface area contributed by atoms with Gasteiger partial charge in [0.15, 0.2) is 0 Å². The second kappa shape index (κ2) is 11.0. The Morgan fingerprint density at radius 2 is 1.83 bits per heavy atom. The maximum Gasteiger partial charge on any atom is 0.00980 e. The van der Waals surface area contributed by atoms with E-state index >= 15 is 0 Å². The zero-order chi connectivity index (χ0) is 17.1. The van der Waals surface area contributed by atoms with Crippen LogP contribution in [0.3, 0.4) is 0 Å². The molecule has 1 nitrogen and oxygen atoms in total. The molecule has 0 amide bonds. The highest BCUT2D eigenvalue weighted by Crippen LogP contribution is 2.27. The zero-order valence-corrected chi connectivity index (χ0v) is 15.0. The standard InChI is InChI=1S/C22H33N/c1-6-10-12-21(9-4)22(20(8-3)11-7-2)15-18-23-16-13-19(5)14-17-23/h6-12,19,22H,1-3,13-18H2,4-5H3/b12-10-,20-11+,21-9+. The number of likely N-dealkylation sites (tertiary alicyclic amines) is 1. The van der Waals surface area contributed by atoms with Crippen molar-refractivity contribution < 1.29 is 0 Å². The van der Waals surface area contributed by atoms with Gasteiger partial charge in [-0.1, -0.05) is 69.2 Å². The molecule has 0 aliphatic carbocycles. The van der Waals surface area contributed by atoms with Crippen molar-refractivity contribution >= 4 is 0 Å². The van der Waals surface area contributed by atoms with Gasteiger partial charge in [0.1, 0.15) is 0 Å². The smallest absolute Gasteiger partial charge is 0.00980 e. The second-order valence-corrected chi connectivity index (χ2v) is 6.36. The van der Waals surface area contributed by atoms with Crippen molar-refractivity contribution in [1.29, 1.82) is 0 Å². The lowest BCUT2D eigenvalue weighted by atomic mass is 9.86. The van der Waals surface area contributed by atoms with Gasteiger partial charge in [-0.3, -0.25) is 0 Å². The van der Waals surface area contributed by atoms with Crippen molar-refractivity contribution in [3.05, 3.63) is 73.4 Å². The summed E-state index contributed by atoms with van der Waals surface area (Å²) in [5.41, 5.74) is 2.57. The number of piperidine rings is 1. The molecule has 1 heterocycles. The summed E-state index contributed by atoms with van der Waals surface area (Å²) < 4.78 is 0. The number of hydrogen-bond acceptors (Lipinski definition) is 1. The molecule has 1 atom stereocenters. The molecule has 0 bridgehead atoms. The Hall–Kier alpha value is -1.60. The van der Waals surface area contributed by atoms with Crippen molar-refractivity contribution in [3.8, 4) is 0 Å². The molecule has 0 radical (unpaired) electrons. The van der Waals surface area contributed by atoms with E-state index in [0.29, 0.717) is 5.92 Å². The third kappa shape index (κ3) is 6.58. The van der Waals surface area contributed by atoms with Crippen LogP contribution < -0.4 is 0 Å². The fourth-order valence-electron chi connectivity index (χ4n) is 3.18. The third-order valence-electron chi connectivity index (χ3n) is 4.72. The monoisotopic (exact) mass is 311 g/mol. The Balaban J connectivity index is 2.84. The van der Waals surface area contributed by atoms with Gasteiger partial charge < -0.3 is 4.90 Å². The summed E-state index contributed by atoms with van der Waals surface area (Å²) in [5, 5.41) is 0. The first-order chi connectivity index (χ1) is 11.2. The Bertz CT molecular complexity index is 470. The Morgan fingerprint density at radius 1 is 1.13 bits per heavy atom. The zero-order valence-electron chi connectivity index (χ0n) is 15.0. The minimum absolute atomic E-state index is 0.367. The molecule has 0 aromatic rings. The molecule has 0 aromatic heterocycles. The Morgan fingerprint density at radius 3 is 2.35 bits per heavy atom. The van der Waals surface area contributed by atoms with Gasteiger partial charge in [-0.15, -0.1) is 0 Å². The molecule has 0 aromatic carbocycles. The highest BCUT2D eigenvalue weighted by molar-refractivity contribution is 5.36. The van der Waals surface area contributed by atoms with Crippen LogP contribution in [0.5, 0.6) is 0 Å². The lowest BCUT2D eigenvalue weighted by molar-refractivity contribution is 0.187. The van der Waals surface area contributed by atoms with Crippen LogP contribution >= 0.6 is 0 Å². The predicted octanol–water partition coefficient (Wildman–Crippen LogP) is 5.71. The third-order valence-corrected chi connectivity index (χ3v) is 4.72. The molecule has 126 valence electrons. The van der Waals surface area contributed by atoms with E-state index in [0.717, 1.165) is 18.9 Å². The quantitative estimate of drug-likeness (QED) is 0.493. The molecule has 0 saturated carbocycles. The topological polar surface area (TPSA) is 3.24 Å². The molecule has 1 fully saturated rings. The highest BCUT2D eigenvalue weighted by atomic mass is 15.1. The van der Waals surface area contributed by atoms with Gasteiger partial charge in [0, 0.05) is 5.92 Å². The fraction of sp³-hybridized carbons (Fsp3) is 0.455. The summed E-state index contributed by atoms with van der Waals surface area (Å²) >= 11 is 0. The molecular formula is C22H33N. The minimum Gasteiger partial charge on any atom is -0.303 e. The van der Waals surface area contributed by atoms with Crippen molar-refractivity contribution in [1.82, 2.24) is 4.90 Å². The molecule has 0 spiro atoms. The van der Waals surface area contributed by atoms with Crippen LogP contribution in [-0.2, 0) is 0 Å². The van der Waals surface area contributed by atoms with Gasteiger partial charge in [0.05, 0.1) is 0 Å². The molecular weight excluding hydrogens is 278 g/mol. The van der Waals surface area contributed by atoms with Crippen LogP contribution in [0.4, 0.5) is 0 Å². The average molecular weight is 312 g/mol. The van der Waals surface area contributed by atoms with E-state index in [-0.39, 0.29) is 0 Å². The molecule has 1 rings (SSSR count). The van der Waals surface area contributed by atoms with E-state index in [1.165, 1.54) is 37.1 Å². The first kappa shape index (κ1) is 19.4. The van der Waals surface area contributed by atoms with Crippen LogP contribution in [0.1, 0.15) is 33.1 Å². The maximum atomic E-state index is 4.00. The van der Waals surface area contributed by atoms with E-state index in [4.69, 9.17) is 0 Å². The predicted molar refractivity (Wildman–Crippen MR) is 105 cm³/mol. The summed E-state index contributed by atoms with van der Waals surface area (Å²) in [6.07, 6.45) is 17.9. The molecule has 1 aliphatic heterocycles. The number of nitrogens with zero attached hydrogens (tertiary/aromatic N) is 1. The van der Waals surface area contributed by atoms with Crippen molar-refractivity contribution in [2.75, 3.05) is 19.6 Å². The van der Waals surface area contributed by atoms with E-state index in [9.17, 15) is 0 Å². The summed E-state index contributed by atoms with van der Waals surface area (Å²) in [6.45, 7) is 19.7. The minimum atomic E-state index is 0.367. The van der Waals surface area contributed by atoms with Gasteiger partial charge in [-0.2, -0.15) is 0 Å². The first-order valence-corrected chi connectivity index (χ1v) is 8.78. The summed E-state index contributed by atoms with van der Waals surface area (Å²) in [6, 6.07) is 0. The van der Waals surface area contributed by atoms with E-state index in [2.05, 4.69) is 56.7 Å². The molecule has 0 N–H and O–H groups in total. The largest absolute Gasteiger partial charge is 0.303 e. The van der Waals surface area contributed by atoms with Gasteiger partial charge in [-0.25, -0.2) is 0 Å². The molecule has 1 unspecified atom stereocenters. The SMILES string of the molecule is C=C/C=C\C(=C/C)C(CCN1CCC(C)CC1)/C(C=C)=C/C=C. The van der Waals surface area contributed by atoms with Crippen molar-refractivity contribution in [3.63, 3.8) is 0 Å². The molecule has 23 heavy (non-hydrogen) atoms.